The summed E-state index contributed by atoms with van der Waals surface area (Å²) in [6, 6.07) is 10.3. The van der Waals surface area contributed by atoms with Crippen LogP contribution in [-0.2, 0) is 0 Å². The Bertz CT molecular complexity index is 903. The number of ether oxygens (including phenoxy) is 1. The van der Waals surface area contributed by atoms with Crippen LogP contribution >= 0.6 is 0 Å². The van der Waals surface area contributed by atoms with Crippen LogP contribution in [0.2, 0.25) is 0 Å². The molecule has 4 N–H and O–H groups in total. The van der Waals surface area contributed by atoms with Gasteiger partial charge in [0.25, 0.3) is 5.91 Å². The molecule has 28 heavy (non-hydrogen) atoms. The third-order valence-corrected chi connectivity index (χ3v) is 3.18. The van der Waals surface area contributed by atoms with Crippen molar-refractivity contribution in [2.45, 2.75) is 6.36 Å². The number of halogens is 3. The number of carbonyl (C=O) groups excluding carboxylic acids is 2. The van der Waals surface area contributed by atoms with Crippen molar-refractivity contribution in [1.82, 2.24) is 10.8 Å². The first-order valence-electron chi connectivity index (χ1n) is 7.71. The van der Waals surface area contributed by atoms with E-state index in [-0.39, 0.29) is 17.8 Å². The lowest BCUT2D eigenvalue weighted by Gasteiger charge is -2.13. The zero-order chi connectivity index (χ0) is 20.6. The number of hydrogen-bond acceptors (Lipinski definition) is 4. The Kier molecular flexibility index (Phi) is 6.84. The second-order valence-corrected chi connectivity index (χ2v) is 5.17. The first kappa shape index (κ1) is 20.6. The summed E-state index contributed by atoms with van der Waals surface area (Å²) in [5, 5.41) is 13.1. The Hall–Kier alpha value is -3.71. The van der Waals surface area contributed by atoms with Gasteiger partial charge in [-0.2, -0.15) is 0 Å². The summed E-state index contributed by atoms with van der Waals surface area (Å²) in [5.74, 6) is 4.18. The van der Waals surface area contributed by atoms with E-state index in [2.05, 4.69) is 27.2 Å². The lowest BCUT2D eigenvalue weighted by atomic mass is 10.1. The van der Waals surface area contributed by atoms with Gasteiger partial charge in [-0.05, 0) is 36.4 Å². The third-order valence-electron chi connectivity index (χ3n) is 3.18. The molecule has 0 aliphatic carbocycles. The molecule has 146 valence electrons. The lowest BCUT2D eigenvalue weighted by Crippen LogP contribution is -2.29. The number of hydroxylamine groups is 1. The van der Waals surface area contributed by atoms with Crippen molar-refractivity contribution in [2.24, 2.45) is 0 Å². The highest BCUT2D eigenvalue weighted by molar-refractivity contribution is 5.93. The molecule has 0 atom stereocenters. The van der Waals surface area contributed by atoms with E-state index in [9.17, 15) is 22.8 Å². The zero-order valence-corrected chi connectivity index (χ0v) is 14.1. The summed E-state index contributed by atoms with van der Waals surface area (Å²) < 4.78 is 40.9. The molecule has 0 aliphatic rings. The molecule has 0 radical (unpaired) electrons. The van der Waals surface area contributed by atoms with Crippen LogP contribution in [-0.4, -0.2) is 30.1 Å². The van der Waals surface area contributed by atoms with E-state index in [1.54, 1.807) is 12.1 Å². The van der Waals surface area contributed by atoms with E-state index in [4.69, 9.17) is 5.21 Å². The van der Waals surface area contributed by atoms with Crippen LogP contribution in [0, 0.1) is 11.8 Å². The molecule has 2 aromatic rings. The van der Waals surface area contributed by atoms with Crippen LogP contribution in [0.4, 0.5) is 23.7 Å². The maximum atomic E-state index is 12.4. The number of rotatable bonds is 4. The molecule has 0 aromatic heterocycles. The number of nitrogens with one attached hydrogen (secondary N) is 3. The van der Waals surface area contributed by atoms with Gasteiger partial charge in [0.1, 0.15) is 0 Å². The minimum absolute atomic E-state index is 0.0764. The summed E-state index contributed by atoms with van der Waals surface area (Å²) in [7, 11) is 0. The molecule has 10 heteroatoms. The Morgan fingerprint density at radius 3 is 2.39 bits per heavy atom. The zero-order valence-electron chi connectivity index (χ0n) is 14.1. The summed E-state index contributed by atoms with van der Waals surface area (Å²) in [6.07, 6.45) is -4.88. The van der Waals surface area contributed by atoms with Gasteiger partial charge in [0, 0.05) is 11.1 Å². The topological polar surface area (TPSA) is 99.7 Å². The molecule has 7 nitrogen and oxygen atoms in total. The van der Waals surface area contributed by atoms with Crippen LogP contribution < -0.4 is 20.9 Å². The molecule has 2 rings (SSSR count). The molecular formula is C18H14F3N3O4. The first-order valence-corrected chi connectivity index (χ1v) is 7.71. The Balaban J connectivity index is 1.89. The number of alkyl halides is 3. The standard InChI is InChI=1S/C18H14F3N3O4/c19-18(20,21)28-15-6-2-1-5-14(15)23-17(26)22-11-3-4-12-7-9-13(10-8-12)16(25)24-27/h1-2,5-10,27H,11H2,(H,24,25)(H2,22,23,26). The van der Waals surface area contributed by atoms with E-state index in [1.807, 2.05) is 0 Å². The van der Waals surface area contributed by atoms with Gasteiger partial charge < -0.3 is 15.4 Å². The van der Waals surface area contributed by atoms with Crippen molar-refractivity contribution in [3.63, 3.8) is 0 Å². The van der Waals surface area contributed by atoms with E-state index in [0.29, 0.717) is 5.56 Å². The smallest absolute Gasteiger partial charge is 0.404 e. The van der Waals surface area contributed by atoms with E-state index in [0.717, 1.165) is 6.07 Å². The quantitative estimate of drug-likeness (QED) is 0.365. The average Bonchev–Trinajstić information content (AvgIpc) is 2.65. The maximum Gasteiger partial charge on any atom is 0.573 e. The molecule has 2 aromatic carbocycles. The fraction of sp³-hybridized carbons (Fsp3) is 0.111. The highest BCUT2D eigenvalue weighted by atomic mass is 19.4. The number of benzene rings is 2. The predicted molar refractivity (Wildman–Crippen MR) is 92.7 cm³/mol. The Labute approximate surface area is 157 Å². The molecule has 0 heterocycles. The van der Waals surface area contributed by atoms with Gasteiger partial charge in [-0.1, -0.05) is 24.0 Å². The molecule has 3 amide bonds. The van der Waals surface area contributed by atoms with Gasteiger partial charge in [0.2, 0.25) is 0 Å². The monoisotopic (exact) mass is 393 g/mol. The highest BCUT2D eigenvalue weighted by Crippen LogP contribution is 2.29. The number of anilines is 1. The molecular weight excluding hydrogens is 379 g/mol. The molecule has 0 fully saturated rings. The number of amides is 3. The van der Waals surface area contributed by atoms with Crippen molar-refractivity contribution in [3.05, 3.63) is 59.7 Å². The molecule has 0 unspecified atom stereocenters. The fourth-order valence-electron chi connectivity index (χ4n) is 1.99. The molecule has 0 saturated heterocycles. The van der Waals surface area contributed by atoms with Gasteiger partial charge in [-0.15, -0.1) is 13.2 Å². The van der Waals surface area contributed by atoms with Gasteiger partial charge >= 0.3 is 12.4 Å². The number of hydrogen-bond donors (Lipinski definition) is 4. The van der Waals surface area contributed by atoms with Crippen LogP contribution in [0.5, 0.6) is 5.75 Å². The van der Waals surface area contributed by atoms with Gasteiger partial charge in [-0.25, -0.2) is 10.3 Å². The second-order valence-electron chi connectivity index (χ2n) is 5.17. The first-order chi connectivity index (χ1) is 13.3. The largest absolute Gasteiger partial charge is 0.573 e. The van der Waals surface area contributed by atoms with Crippen molar-refractivity contribution in [1.29, 1.82) is 0 Å². The average molecular weight is 393 g/mol. The summed E-state index contributed by atoms with van der Waals surface area (Å²) in [4.78, 5) is 23.0. The number of para-hydroxylation sites is 2. The van der Waals surface area contributed by atoms with Gasteiger partial charge in [-0.3, -0.25) is 10.0 Å². The van der Waals surface area contributed by atoms with Crippen LogP contribution in [0.3, 0.4) is 0 Å². The van der Waals surface area contributed by atoms with E-state index >= 15 is 0 Å². The van der Waals surface area contributed by atoms with Gasteiger partial charge in [0.15, 0.2) is 5.75 Å². The van der Waals surface area contributed by atoms with Crippen molar-refractivity contribution < 1.29 is 32.7 Å². The molecule has 0 bridgehead atoms. The summed E-state index contributed by atoms with van der Waals surface area (Å²) >= 11 is 0. The lowest BCUT2D eigenvalue weighted by molar-refractivity contribution is -0.274. The van der Waals surface area contributed by atoms with Crippen LogP contribution in [0.15, 0.2) is 48.5 Å². The van der Waals surface area contributed by atoms with Crippen molar-refractivity contribution in [2.75, 3.05) is 11.9 Å². The molecule has 0 spiro atoms. The van der Waals surface area contributed by atoms with Crippen LogP contribution in [0.1, 0.15) is 15.9 Å². The number of urea groups is 1. The van der Waals surface area contributed by atoms with Crippen LogP contribution in [0.25, 0.3) is 0 Å². The maximum absolute atomic E-state index is 12.4. The molecule has 0 aliphatic heterocycles. The summed E-state index contributed by atoms with van der Waals surface area (Å²) in [5.41, 5.74) is 2.15. The van der Waals surface area contributed by atoms with Gasteiger partial charge in [0.05, 0.1) is 12.2 Å². The van der Waals surface area contributed by atoms with Crippen molar-refractivity contribution >= 4 is 17.6 Å². The van der Waals surface area contributed by atoms with E-state index in [1.165, 1.54) is 35.8 Å². The fourth-order valence-corrected chi connectivity index (χ4v) is 1.99. The SMILES string of the molecule is O=C(NCC#Cc1ccc(C(=O)NO)cc1)Nc1ccccc1OC(F)(F)F. The van der Waals surface area contributed by atoms with E-state index < -0.39 is 24.1 Å². The second kappa shape index (κ2) is 9.29. The molecule has 0 saturated carbocycles. The minimum atomic E-state index is -4.88. The van der Waals surface area contributed by atoms with Crippen molar-refractivity contribution in [3.8, 4) is 17.6 Å². The summed E-state index contributed by atoms with van der Waals surface area (Å²) in [6.45, 7) is -0.0764. The normalized spacial score (nSPS) is 10.3. The minimum Gasteiger partial charge on any atom is -0.404 e. The Morgan fingerprint density at radius 2 is 1.75 bits per heavy atom. The third kappa shape index (κ3) is 6.54. The Morgan fingerprint density at radius 1 is 1.07 bits per heavy atom. The predicted octanol–water partition coefficient (Wildman–Crippen LogP) is 2.88. The number of carbonyl (C=O) groups is 2. The highest BCUT2D eigenvalue weighted by Gasteiger charge is 2.32.